The molecule has 1 aromatic heterocycles. The molecular formula is C22H31FN5O2P. The Kier molecular flexibility index (Phi) is 8.92. The van der Waals surface area contributed by atoms with Crippen LogP contribution in [0, 0.1) is 11.7 Å². The Hall–Kier alpha value is -2.54. The van der Waals surface area contributed by atoms with Gasteiger partial charge < -0.3 is 27.0 Å². The Morgan fingerprint density at radius 2 is 1.97 bits per heavy atom. The third-order valence-corrected chi connectivity index (χ3v) is 5.38. The Labute approximate surface area is 184 Å². The molecule has 2 aromatic rings. The van der Waals surface area contributed by atoms with Crippen LogP contribution in [0.4, 0.5) is 10.3 Å². The van der Waals surface area contributed by atoms with Crippen LogP contribution < -0.4 is 22.1 Å². The van der Waals surface area contributed by atoms with Crippen molar-refractivity contribution in [1.29, 1.82) is 0 Å². The summed E-state index contributed by atoms with van der Waals surface area (Å²) in [6, 6.07) is 6.54. The van der Waals surface area contributed by atoms with Gasteiger partial charge in [0.25, 0.3) is 0 Å². The van der Waals surface area contributed by atoms with Crippen LogP contribution in [0.15, 0.2) is 47.8 Å². The molecule has 7 N–H and O–H groups in total. The molecule has 9 heteroatoms. The third-order valence-electron chi connectivity index (χ3n) is 4.89. The van der Waals surface area contributed by atoms with E-state index in [1.807, 2.05) is 20.8 Å². The fourth-order valence-electron chi connectivity index (χ4n) is 3.05. The molecule has 0 radical (unpaired) electrons. The van der Waals surface area contributed by atoms with Gasteiger partial charge in [-0.05, 0) is 35.0 Å². The number of hydrogen-bond acceptors (Lipinski definition) is 7. The van der Waals surface area contributed by atoms with E-state index in [9.17, 15) is 9.50 Å². The summed E-state index contributed by atoms with van der Waals surface area (Å²) in [6.07, 6.45) is 2.41. The number of aromatic nitrogens is 2. The van der Waals surface area contributed by atoms with Crippen molar-refractivity contribution in [2.24, 2.45) is 17.4 Å². The van der Waals surface area contributed by atoms with Crippen molar-refractivity contribution in [3.05, 3.63) is 64.9 Å². The van der Waals surface area contributed by atoms with Crippen LogP contribution in [0.25, 0.3) is 5.70 Å². The van der Waals surface area contributed by atoms with Crippen molar-refractivity contribution in [2.75, 3.05) is 18.5 Å². The number of anilines is 1. The summed E-state index contributed by atoms with van der Waals surface area (Å²) >= 11 is 0. The van der Waals surface area contributed by atoms with E-state index in [1.54, 1.807) is 30.5 Å². The fourth-order valence-corrected chi connectivity index (χ4v) is 3.47. The van der Waals surface area contributed by atoms with E-state index in [2.05, 4.69) is 24.5 Å². The molecule has 1 aromatic carbocycles. The summed E-state index contributed by atoms with van der Waals surface area (Å²) in [6.45, 7) is 5.66. The monoisotopic (exact) mass is 447 g/mol. The maximum absolute atomic E-state index is 14.3. The second-order valence-electron chi connectivity index (χ2n) is 7.61. The number of aliphatic hydroxyl groups is 2. The first-order valence-electron chi connectivity index (χ1n) is 10.0. The van der Waals surface area contributed by atoms with Crippen LogP contribution >= 0.6 is 9.24 Å². The number of allylic oxidation sites excluding steroid dienone is 3. The van der Waals surface area contributed by atoms with Gasteiger partial charge in [0.2, 0.25) is 5.95 Å². The summed E-state index contributed by atoms with van der Waals surface area (Å²) < 4.78 is 14.3. The Morgan fingerprint density at radius 1 is 1.26 bits per heavy atom. The largest absolute Gasteiger partial charge is 0.401 e. The molecule has 2 unspecified atom stereocenters. The van der Waals surface area contributed by atoms with Crippen molar-refractivity contribution in [1.82, 2.24) is 9.97 Å². The molecule has 0 aliphatic rings. The van der Waals surface area contributed by atoms with Crippen LogP contribution in [0.3, 0.4) is 0 Å². The van der Waals surface area contributed by atoms with E-state index in [1.165, 1.54) is 6.07 Å². The summed E-state index contributed by atoms with van der Waals surface area (Å²) in [4.78, 5) is 8.59. The van der Waals surface area contributed by atoms with Gasteiger partial charge in [-0.25, -0.2) is 14.4 Å². The highest BCUT2D eigenvalue weighted by molar-refractivity contribution is 7.27. The number of halogens is 1. The van der Waals surface area contributed by atoms with Gasteiger partial charge in [0.1, 0.15) is 5.82 Å². The minimum atomic E-state index is -0.907. The summed E-state index contributed by atoms with van der Waals surface area (Å²) in [7, 11) is 2.50. The lowest BCUT2D eigenvalue weighted by Gasteiger charge is -2.19. The minimum absolute atomic E-state index is 0.0415. The molecule has 0 fully saturated rings. The van der Waals surface area contributed by atoms with Crippen molar-refractivity contribution in [3.8, 4) is 0 Å². The normalized spacial score (nSPS) is 14.9. The number of nitrogens with zero attached hydrogens (tertiary/aromatic N) is 2. The lowest BCUT2D eigenvalue weighted by atomic mass is 9.91. The molecule has 0 aliphatic carbocycles. The molecule has 0 spiro atoms. The predicted molar refractivity (Wildman–Crippen MR) is 126 cm³/mol. The zero-order chi connectivity index (χ0) is 23.1. The van der Waals surface area contributed by atoms with E-state index in [0.717, 1.165) is 5.57 Å². The van der Waals surface area contributed by atoms with Crippen molar-refractivity contribution < 1.29 is 14.6 Å². The van der Waals surface area contributed by atoms with Crippen molar-refractivity contribution in [3.63, 3.8) is 0 Å². The average Bonchev–Trinajstić information content (AvgIpc) is 2.74. The number of aliphatic hydroxyl groups excluding tert-OH is 2. The molecule has 0 saturated heterocycles. The van der Waals surface area contributed by atoms with Crippen LogP contribution in [0.1, 0.15) is 37.9 Å². The molecule has 7 nitrogen and oxygen atoms in total. The molecule has 3 atom stereocenters. The molecule has 0 saturated carbocycles. The molecule has 0 amide bonds. The highest BCUT2D eigenvalue weighted by atomic mass is 31.0. The summed E-state index contributed by atoms with van der Waals surface area (Å²) in [5.41, 5.74) is 15.4. The Bertz CT molecular complexity index is 944. The lowest BCUT2D eigenvalue weighted by Crippen LogP contribution is -2.24. The molecule has 0 bridgehead atoms. The molecule has 31 heavy (non-hydrogen) atoms. The van der Waals surface area contributed by atoms with E-state index < -0.39 is 11.9 Å². The summed E-state index contributed by atoms with van der Waals surface area (Å²) in [5.74, 6) is -0.291. The van der Waals surface area contributed by atoms with Gasteiger partial charge in [0.05, 0.1) is 18.4 Å². The van der Waals surface area contributed by atoms with Gasteiger partial charge in [0, 0.05) is 35.6 Å². The second-order valence-corrected chi connectivity index (χ2v) is 8.24. The maximum Gasteiger partial charge on any atom is 0.222 e. The molecule has 168 valence electrons. The smallest absolute Gasteiger partial charge is 0.222 e. The zero-order valence-electron chi connectivity index (χ0n) is 18.0. The highest BCUT2D eigenvalue weighted by Gasteiger charge is 2.18. The third kappa shape index (κ3) is 6.47. The molecule has 0 aliphatic heterocycles. The van der Waals surface area contributed by atoms with Gasteiger partial charge in [-0.3, -0.25) is 0 Å². The number of nitrogens with two attached hydrogens (primary N) is 2. The van der Waals surface area contributed by atoms with Crippen LogP contribution in [0.5, 0.6) is 0 Å². The van der Waals surface area contributed by atoms with E-state index in [4.69, 9.17) is 16.6 Å². The van der Waals surface area contributed by atoms with E-state index in [0.29, 0.717) is 33.9 Å². The van der Waals surface area contributed by atoms with Crippen LogP contribution in [0.2, 0.25) is 0 Å². The van der Waals surface area contributed by atoms with Gasteiger partial charge in [-0.15, -0.1) is 9.24 Å². The lowest BCUT2D eigenvalue weighted by molar-refractivity contribution is 0.105. The SMILES string of the molecule is CC(C)C(/C=C(\N)c1c(F)cccc1P)=C(/N)C(C)c1ccnc(NC[C@H](O)CO)n1. The predicted octanol–water partition coefficient (Wildman–Crippen LogP) is 1.85. The van der Waals surface area contributed by atoms with Gasteiger partial charge in [-0.2, -0.15) is 0 Å². The number of hydrogen-bond donors (Lipinski definition) is 5. The maximum atomic E-state index is 14.3. The Balaban J connectivity index is 2.39. The number of benzene rings is 1. The van der Waals surface area contributed by atoms with E-state index in [-0.39, 0.29) is 25.0 Å². The summed E-state index contributed by atoms with van der Waals surface area (Å²) in [5, 5.41) is 22.0. The van der Waals surface area contributed by atoms with Gasteiger partial charge >= 0.3 is 0 Å². The standard InChI is InChI=1S/C22H31FN5O2P/c1-12(2)15(9-17(24)20-16(23)5-4-6-19(20)31)21(25)13(3)18-7-8-26-22(28-18)27-10-14(30)11-29/h4-9,12-14,29-30H,10-11,24-25,31H2,1-3H3,(H,26,27,28)/b17-9-,21-15+/t13?,14-/m0/s1. The second kappa shape index (κ2) is 11.2. The first-order chi connectivity index (χ1) is 14.6. The number of rotatable bonds is 9. The van der Waals surface area contributed by atoms with E-state index >= 15 is 0 Å². The first-order valence-corrected chi connectivity index (χ1v) is 10.6. The van der Waals surface area contributed by atoms with Crippen LogP contribution in [-0.4, -0.2) is 39.4 Å². The molecule has 2 rings (SSSR count). The molecule has 1 heterocycles. The fraction of sp³-hybridized carbons (Fsp3) is 0.364. The Morgan fingerprint density at radius 3 is 2.58 bits per heavy atom. The van der Waals surface area contributed by atoms with Crippen molar-refractivity contribution >= 4 is 26.2 Å². The number of nitrogens with one attached hydrogen (secondary N) is 1. The quantitative estimate of drug-likeness (QED) is 0.293. The van der Waals surface area contributed by atoms with Gasteiger partial charge in [-0.1, -0.05) is 32.9 Å². The van der Waals surface area contributed by atoms with Crippen molar-refractivity contribution in [2.45, 2.75) is 32.8 Å². The van der Waals surface area contributed by atoms with Gasteiger partial charge in [0.15, 0.2) is 0 Å². The molecular weight excluding hydrogens is 416 g/mol. The first kappa shape index (κ1) is 24.7. The average molecular weight is 447 g/mol. The van der Waals surface area contributed by atoms with Crippen LogP contribution in [-0.2, 0) is 0 Å². The zero-order valence-corrected chi connectivity index (χ0v) is 19.2. The topological polar surface area (TPSA) is 130 Å². The highest BCUT2D eigenvalue weighted by Crippen LogP contribution is 2.28. The minimum Gasteiger partial charge on any atom is -0.401 e.